The van der Waals surface area contributed by atoms with E-state index in [1.165, 1.54) is 36.4 Å². The molecule has 200 valence electrons. The van der Waals surface area contributed by atoms with Crippen LogP contribution in [-0.2, 0) is 17.1 Å². The van der Waals surface area contributed by atoms with Crippen LogP contribution in [0.15, 0.2) is 100 Å². The Hall–Kier alpha value is -4.87. The second kappa shape index (κ2) is 10.9. The van der Waals surface area contributed by atoms with E-state index < -0.39 is 35.1 Å². The van der Waals surface area contributed by atoms with Crippen molar-refractivity contribution in [2.24, 2.45) is 0 Å². The summed E-state index contributed by atoms with van der Waals surface area (Å²) in [5, 5.41) is 8.44. The first-order valence-corrected chi connectivity index (χ1v) is 11.1. The van der Waals surface area contributed by atoms with Gasteiger partial charge in [0.15, 0.2) is 0 Å². The molecule has 0 aliphatic heterocycles. The Morgan fingerprint density at radius 2 is 1.36 bits per heavy atom. The number of para-hydroxylation sites is 1. The van der Waals surface area contributed by atoms with Crippen molar-refractivity contribution in [3.8, 4) is 11.5 Å². The van der Waals surface area contributed by atoms with Crippen molar-refractivity contribution in [1.29, 1.82) is 0 Å². The van der Waals surface area contributed by atoms with Crippen molar-refractivity contribution in [2.45, 2.75) is 12.4 Å². The molecule has 1 amide bonds. The number of hydrogen-bond acceptors (Lipinski definition) is 4. The predicted molar refractivity (Wildman–Crippen MR) is 130 cm³/mol. The first kappa shape index (κ1) is 27.2. The molecule has 0 unspecified atom stereocenters. The maximum Gasteiger partial charge on any atom is 0.434 e. The van der Waals surface area contributed by atoms with Gasteiger partial charge in [0.05, 0.1) is 22.4 Å². The lowest BCUT2D eigenvalue weighted by molar-refractivity contribution is -0.138. The van der Waals surface area contributed by atoms with Gasteiger partial charge in [-0.25, -0.2) is 9.89 Å². The molecule has 0 aliphatic carbocycles. The average Bonchev–Trinajstić information content (AvgIpc) is 3.32. The largest absolute Gasteiger partial charge is 0.434 e. The lowest BCUT2D eigenvalue weighted by Crippen LogP contribution is -2.08. The number of allylic oxidation sites excluding steroid dienone is 2. The lowest BCUT2D eigenvalue weighted by atomic mass is 9.95. The Morgan fingerprint density at radius 1 is 0.821 bits per heavy atom. The van der Waals surface area contributed by atoms with Gasteiger partial charge in [-0.15, -0.1) is 5.10 Å². The Kier molecular flexibility index (Phi) is 7.56. The first-order chi connectivity index (χ1) is 18.4. The molecule has 0 aliphatic rings. The van der Waals surface area contributed by atoms with Crippen LogP contribution in [0.1, 0.15) is 22.3 Å². The van der Waals surface area contributed by atoms with E-state index in [-0.39, 0.29) is 28.3 Å². The average molecular weight is 545 g/mol. The number of hydrogen-bond donors (Lipinski definition) is 2. The van der Waals surface area contributed by atoms with Gasteiger partial charge in [-0.05, 0) is 53.1 Å². The summed E-state index contributed by atoms with van der Waals surface area (Å²) < 4.78 is 82.9. The van der Waals surface area contributed by atoms with Gasteiger partial charge in [-0.3, -0.25) is 4.79 Å². The van der Waals surface area contributed by atoms with E-state index in [1.54, 1.807) is 24.3 Å². The van der Waals surface area contributed by atoms with Crippen molar-refractivity contribution >= 4 is 17.2 Å². The molecule has 39 heavy (non-hydrogen) atoms. The summed E-state index contributed by atoms with van der Waals surface area (Å²) in [5.74, 6) is -1.45. The smallest absolute Gasteiger partial charge is 0.388 e. The number of amides is 1. The number of H-pyrrole nitrogens is 1. The van der Waals surface area contributed by atoms with Crippen LogP contribution in [0.25, 0.3) is 17.0 Å². The first-order valence-electron chi connectivity index (χ1n) is 11.1. The van der Waals surface area contributed by atoms with Crippen LogP contribution in [0.2, 0.25) is 0 Å². The van der Waals surface area contributed by atoms with Gasteiger partial charge in [0.25, 0.3) is 5.89 Å². The van der Waals surface area contributed by atoms with Crippen molar-refractivity contribution in [3.63, 3.8) is 0 Å². The molecule has 0 bridgehead atoms. The van der Waals surface area contributed by atoms with Gasteiger partial charge in [-0.1, -0.05) is 48.6 Å². The molecule has 3 aromatic carbocycles. The molecule has 0 atom stereocenters. The van der Waals surface area contributed by atoms with Gasteiger partial charge in [0.1, 0.15) is 0 Å². The summed E-state index contributed by atoms with van der Waals surface area (Å²) in [6.45, 7) is 0. The fourth-order valence-electron chi connectivity index (χ4n) is 3.57. The molecule has 4 rings (SSSR count). The van der Waals surface area contributed by atoms with Gasteiger partial charge in [0, 0.05) is 6.08 Å². The highest BCUT2D eigenvalue weighted by Gasteiger charge is 2.31. The molecule has 1 heterocycles. The molecular formula is C27H17F6N3O3. The number of nitrogens with zero attached hydrogens (tertiary/aromatic N) is 1. The standard InChI is InChI=1S/C27H17F6N3O3/c28-26(29,30)18-12-8-16(9-13-18)20(17-10-14-19(15-11-17)27(31,32)33)5-3-7-23(37)34-22-6-2-1-4-21(22)24-35-36-25(38)39-24/h1-15H,(H,34,37)(H,36,38)/b7-3+. The second-order valence-electron chi connectivity index (χ2n) is 8.04. The zero-order valence-electron chi connectivity index (χ0n) is 19.6. The minimum Gasteiger partial charge on any atom is -0.388 e. The summed E-state index contributed by atoms with van der Waals surface area (Å²) >= 11 is 0. The number of aromatic nitrogens is 2. The van der Waals surface area contributed by atoms with Crippen LogP contribution in [0, 0.1) is 0 Å². The molecule has 2 N–H and O–H groups in total. The van der Waals surface area contributed by atoms with Crippen molar-refractivity contribution in [3.05, 3.63) is 124 Å². The zero-order valence-corrected chi connectivity index (χ0v) is 19.6. The SMILES string of the molecule is O=C(/C=C/C=C(c1ccc(C(F)(F)F)cc1)c1ccc(C(F)(F)F)cc1)Nc1ccccc1-c1n[nH]c(=O)o1. The Morgan fingerprint density at radius 3 is 1.85 bits per heavy atom. The van der Waals surface area contributed by atoms with Gasteiger partial charge < -0.3 is 9.73 Å². The molecule has 0 fully saturated rings. The minimum absolute atomic E-state index is 0.0494. The molecular weight excluding hydrogens is 528 g/mol. The van der Waals surface area contributed by atoms with E-state index in [4.69, 9.17) is 4.42 Å². The lowest BCUT2D eigenvalue weighted by Gasteiger charge is -2.12. The Labute approximate surface area is 216 Å². The van der Waals surface area contributed by atoms with E-state index in [1.807, 2.05) is 0 Å². The quantitative estimate of drug-likeness (QED) is 0.161. The summed E-state index contributed by atoms with van der Waals surface area (Å²) in [5.41, 5.74) is -0.335. The topological polar surface area (TPSA) is 88.0 Å². The van der Waals surface area contributed by atoms with Crippen LogP contribution >= 0.6 is 0 Å². The molecule has 0 radical (unpaired) electrons. The van der Waals surface area contributed by atoms with Crippen molar-refractivity contribution in [2.75, 3.05) is 5.32 Å². The summed E-state index contributed by atoms with van der Waals surface area (Å²) in [4.78, 5) is 23.8. The maximum absolute atomic E-state index is 13.0. The molecule has 0 saturated heterocycles. The highest BCUT2D eigenvalue weighted by atomic mass is 19.4. The Balaban J connectivity index is 1.63. The number of carbonyl (C=O) groups is 1. The third kappa shape index (κ3) is 6.72. The zero-order chi connectivity index (χ0) is 28.2. The molecule has 0 saturated carbocycles. The van der Waals surface area contributed by atoms with Crippen LogP contribution in [0.5, 0.6) is 0 Å². The second-order valence-corrected chi connectivity index (χ2v) is 8.04. The van der Waals surface area contributed by atoms with Crippen molar-refractivity contribution in [1.82, 2.24) is 10.2 Å². The summed E-state index contributed by atoms with van der Waals surface area (Å²) in [6, 6.07) is 14.5. The molecule has 0 spiro atoms. The van der Waals surface area contributed by atoms with Gasteiger partial charge in [0.2, 0.25) is 5.91 Å². The number of aromatic amines is 1. The fourth-order valence-corrected chi connectivity index (χ4v) is 3.57. The third-order valence-electron chi connectivity index (χ3n) is 5.41. The van der Waals surface area contributed by atoms with E-state index in [9.17, 15) is 35.9 Å². The molecule has 6 nitrogen and oxygen atoms in total. The summed E-state index contributed by atoms with van der Waals surface area (Å²) in [6.07, 6.45) is -5.32. The van der Waals surface area contributed by atoms with E-state index in [2.05, 4.69) is 15.5 Å². The molecule has 1 aromatic heterocycles. The molecule has 12 heteroatoms. The third-order valence-corrected chi connectivity index (χ3v) is 5.41. The number of anilines is 1. The number of alkyl halides is 6. The molecule has 4 aromatic rings. The number of carbonyl (C=O) groups excluding carboxylic acids is 1. The number of nitrogens with one attached hydrogen (secondary N) is 2. The van der Waals surface area contributed by atoms with E-state index in [0.717, 1.165) is 30.3 Å². The van der Waals surface area contributed by atoms with Crippen LogP contribution in [-0.4, -0.2) is 16.1 Å². The van der Waals surface area contributed by atoms with Crippen LogP contribution in [0.3, 0.4) is 0 Å². The highest BCUT2D eigenvalue weighted by molar-refractivity contribution is 6.02. The Bertz CT molecular complexity index is 1520. The monoisotopic (exact) mass is 545 g/mol. The summed E-state index contributed by atoms with van der Waals surface area (Å²) in [7, 11) is 0. The minimum atomic E-state index is -4.57. The van der Waals surface area contributed by atoms with Crippen LogP contribution < -0.4 is 11.1 Å². The van der Waals surface area contributed by atoms with Gasteiger partial charge in [-0.2, -0.15) is 26.3 Å². The number of benzene rings is 3. The van der Waals surface area contributed by atoms with Gasteiger partial charge >= 0.3 is 18.1 Å². The normalized spacial score (nSPS) is 11.9. The highest BCUT2D eigenvalue weighted by Crippen LogP contribution is 2.33. The predicted octanol–water partition coefficient (Wildman–Crippen LogP) is 6.69. The number of rotatable bonds is 6. The number of halogens is 6. The van der Waals surface area contributed by atoms with E-state index >= 15 is 0 Å². The maximum atomic E-state index is 13.0. The fraction of sp³-hybridized carbons (Fsp3) is 0.0741. The van der Waals surface area contributed by atoms with Crippen LogP contribution in [0.4, 0.5) is 32.0 Å². The van der Waals surface area contributed by atoms with Crippen molar-refractivity contribution < 1.29 is 35.6 Å². The van der Waals surface area contributed by atoms with E-state index in [0.29, 0.717) is 5.56 Å².